The molecule has 1 spiro atoms. The Morgan fingerprint density at radius 1 is 1.19 bits per heavy atom. The number of rotatable bonds is 2. The van der Waals surface area contributed by atoms with Crippen molar-refractivity contribution in [1.82, 2.24) is 4.90 Å². The van der Waals surface area contributed by atoms with Gasteiger partial charge in [-0.1, -0.05) is 26.0 Å². The molecule has 0 aliphatic carbocycles. The minimum absolute atomic E-state index is 0.162. The van der Waals surface area contributed by atoms with Crippen molar-refractivity contribution in [2.24, 2.45) is 0 Å². The molecule has 2 fully saturated rings. The normalized spacial score (nSPS) is 20.2. The summed E-state index contributed by atoms with van der Waals surface area (Å²) in [4.78, 5) is 16.6. The number of ether oxygens (including phenoxy) is 2. The summed E-state index contributed by atoms with van der Waals surface area (Å²) in [6.07, 6.45) is 1.49. The Bertz CT molecular complexity index is 658. The van der Waals surface area contributed by atoms with Gasteiger partial charge in [0.05, 0.1) is 12.2 Å². The topological polar surface area (TPSA) is 42.0 Å². The average molecular weight is 375 g/mol. The van der Waals surface area contributed by atoms with E-state index in [-0.39, 0.29) is 11.7 Å². The first-order chi connectivity index (χ1) is 12.7. The van der Waals surface area contributed by atoms with Crippen LogP contribution in [0.2, 0.25) is 0 Å². The van der Waals surface area contributed by atoms with Gasteiger partial charge in [-0.05, 0) is 57.2 Å². The molecule has 3 rings (SSSR count). The van der Waals surface area contributed by atoms with Crippen LogP contribution in [0.5, 0.6) is 0 Å². The van der Waals surface area contributed by atoms with E-state index in [1.165, 1.54) is 11.3 Å². The monoisotopic (exact) mass is 374 g/mol. The van der Waals surface area contributed by atoms with Crippen molar-refractivity contribution in [3.63, 3.8) is 0 Å². The van der Waals surface area contributed by atoms with Crippen molar-refractivity contribution in [2.45, 2.75) is 64.6 Å². The van der Waals surface area contributed by atoms with E-state index in [0.29, 0.717) is 19.0 Å². The van der Waals surface area contributed by atoms with Crippen LogP contribution < -0.4 is 4.90 Å². The van der Waals surface area contributed by atoms with Gasteiger partial charge in [-0.15, -0.1) is 0 Å². The molecule has 2 aliphatic rings. The summed E-state index contributed by atoms with van der Waals surface area (Å²) < 4.78 is 11.8. The number of carbonyl (C=O) groups excluding carboxylic acids is 1. The lowest BCUT2D eigenvalue weighted by molar-refractivity contribution is -0.0912. The van der Waals surface area contributed by atoms with E-state index in [1.54, 1.807) is 0 Å². The van der Waals surface area contributed by atoms with Crippen LogP contribution >= 0.6 is 0 Å². The summed E-state index contributed by atoms with van der Waals surface area (Å²) in [6.45, 7) is 14.1. The lowest BCUT2D eigenvalue weighted by atomic mass is 9.89. The fraction of sp³-hybridized carbons (Fsp3) is 0.682. The van der Waals surface area contributed by atoms with Gasteiger partial charge in [0, 0.05) is 31.9 Å². The highest BCUT2D eigenvalue weighted by atomic mass is 16.6. The summed E-state index contributed by atoms with van der Waals surface area (Å²) >= 11 is 0. The maximum absolute atomic E-state index is 12.3. The smallest absolute Gasteiger partial charge is 0.410 e. The highest BCUT2D eigenvalue weighted by Gasteiger charge is 2.41. The Kier molecular flexibility index (Phi) is 5.71. The molecular formula is C22H34N2O3. The average Bonchev–Trinajstić information content (AvgIpc) is 2.61. The maximum atomic E-state index is 12.3. The third-order valence-corrected chi connectivity index (χ3v) is 5.48. The van der Waals surface area contributed by atoms with Gasteiger partial charge in [0.1, 0.15) is 5.60 Å². The molecule has 0 radical (unpaired) electrons. The molecule has 0 atom stereocenters. The summed E-state index contributed by atoms with van der Waals surface area (Å²) in [6, 6.07) is 8.85. The third kappa shape index (κ3) is 4.95. The lowest BCUT2D eigenvalue weighted by Crippen LogP contribution is -2.58. The molecule has 2 saturated heterocycles. The number of likely N-dealkylation sites (tertiary alicyclic amines) is 1. The Hall–Kier alpha value is -1.75. The van der Waals surface area contributed by atoms with Crippen LogP contribution in [0.25, 0.3) is 0 Å². The number of anilines is 1. The van der Waals surface area contributed by atoms with E-state index in [4.69, 9.17) is 9.47 Å². The van der Waals surface area contributed by atoms with E-state index in [2.05, 4.69) is 43.0 Å². The Labute approximate surface area is 163 Å². The van der Waals surface area contributed by atoms with Gasteiger partial charge < -0.3 is 19.3 Å². The van der Waals surface area contributed by atoms with Crippen LogP contribution in [0.15, 0.2) is 24.3 Å². The largest absolute Gasteiger partial charge is 0.444 e. The maximum Gasteiger partial charge on any atom is 0.410 e. The van der Waals surface area contributed by atoms with Crippen molar-refractivity contribution in [1.29, 1.82) is 0 Å². The Morgan fingerprint density at radius 2 is 1.89 bits per heavy atom. The van der Waals surface area contributed by atoms with Gasteiger partial charge in [-0.25, -0.2) is 4.79 Å². The van der Waals surface area contributed by atoms with Crippen molar-refractivity contribution >= 4 is 11.8 Å². The van der Waals surface area contributed by atoms with E-state index in [0.717, 1.165) is 32.5 Å². The molecule has 2 aliphatic heterocycles. The Balaban J connectivity index is 1.63. The van der Waals surface area contributed by atoms with Crippen molar-refractivity contribution in [2.75, 3.05) is 37.7 Å². The number of nitrogens with zero attached hydrogens (tertiary/aromatic N) is 2. The molecule has 2 heterocycles. The first kappa shape index (κ1) is 20.0. The number of morpholine rings is 1. The predicted octanol–water partition coefficient (Wildman–Crippen LogP) is 4.42. The zero-order chi connectivity index (χ0) is 19.7. The fourth-order valence-corrected chi connectivity index (χ4v) is 3.87. The number of carbonyl (C=O) groups is 1. The summed E-state index contributed by atoms with van der Waals surface area (Å²) in [5.41, 5.74) is 2.03. The van der Waals surface area contributed by atoms with E-state index < -0.39 is 5.60 Å². The van der Waals surface area contributed by atoms with Crippen LogP contribution in [0.3, 0.4) is 0 Å². The molecule has 0 aromatic heterocycles. The fourth-order valence-electron chi connectivity index (χ4n) is 3.87. The number of piperidine rings is 1. The summed E-state index contributed by atoms with van der Waals surface area (Å²) in [5, 5.41) is 0. The molecule has 0 N–H and O–H groups in total. The summed E-state index contributed by atoms with van der Waals surface area (Å²) in [5.74, 6) is 0.525. The zero-order valence-corrected chi connectivity index (χ0v) is 17.5. The first-order valence-corrected chi connectivity index (χ1v) is 10.1. The number of benzene rings is 1. The number of amides is 1. The second-order valence-electron chi connectivity index (χ2n) is 9.17. The molecule has 5 nitrogen and oxygen atoms in total. The van der Waals surface area contributed by atoms with Crippen LogP contribution in [0.1, 0.15) is 58.9 Å². The van der Waals surface area contributed by atoms with Crippen molar-refractivity contribution in [3.8, 4) is 0 Å². The first-order valence-electron chi connectivity index (χ1n) is 10.1. The SMILES string of the molecule is CC(C)c1cccc(N2CCOC3(CCN(C(=O)OC(C)(C)C)CC3)C2)c1. The van der Waals surface area contributed by atoms with Gasteiger partial charge in [0.2, 0.25) is 0 Å². The van der Waals surface area contributed by atoms with E-state index in [1.807, 2.05) is 25.7 Å². The molecule has 0 saturated carbocycles. The zero-order valence-electron chi connectivity index (χ0n) is 17.5. The van der Waals surface area contributed by atoms with Crippen LogP contribution in [-0.2, 0) is 9.47 Å². The second-order valence-corrected chi connectivity index (χ2v) is 9.17. The van der Waals surface area contributed by atoms with Gasteiger partial charge >= 0.3 is 6.09 Å². The van der Waals surface area contributed by atoms with E-state index >= 15 is 0 Å². The number of hydrogen-bond acceptors (Lipinski definition) is 4. The minimum atomic E-state index is -0.453. The molecule has 27 heavy (non-hydrogen) atoms. The molecule has 1 amide bonds. The summed E-state index contributed by atoms with van der Waals surface area (Å²) in [7, 11) is 0. The van der Waals surface area contributed by atoms with E-state index in [9.17, 15) is 4.79 Å². The highest BCUT2D eigenvalue weighted by Crippen LogP contribution is 2.33. The van der Waals surface area contributed by atoms with Crippen LogP contribution in [0, 0.1) is 0 Å². The molecule has 0 unspecified atom stereocenters. The Morgan fingerprint density at radius 3 is 2.52 bits per heavy atom. The third-order valence-electron chi connectivity index (χ3n) is 5.48. The minimum Gasteiger partial charge on any atom is -0.444 e. The van der Waals surface area contributed by atoms with Crippen molar-refractivity contribution in [3.05, 3.63) is 29.8 Å². The van der Waals surface area contributed by atoms with Crippen LogP contribution in [0.4, 0.5) is 10.5 Å². The second kappa shape index (κ2) is 7.70. The van der Waals surface area contributed by atoms with Crippen LogP contribution in [-0.4, -0.2) is 55.0 Å². The number of hydrogen-bond donors (Lipinski definition) is 0. The molecule has 1 aromatic rings. The lowest BCUT2D eigenvalue weighted by Gasteiger charge is -2.48. The molecule has 0 bridgehead atoms. The molecular weight excluding hydrogens is 340 g/mol. The van der Waals surface area contributed by atoms with Gasteiger partial charge in [0.15, 0.2) is 0 Å². The van der Waals surface area contributed by atoms with Crippen molar-refractivity contribution < 1.29 is 14.3 Å². The van der Waals surface area contributed by atoms with Gasteiger partial charge in [0.25, 0.3) is 0 Å². The quantitative estimate of drug-likeness (QED) is 0.769. The molecule has 150 valence electrons. The highest BCUT2D eigenvalue weighted by molar-refractivity contribution is 5.68. The van der Waals surface area contributed by atoms with Gasteiger partial charge in [-0.3, -0.25) is 0 Å². The molecule has 1 aromatic carbocycles. The standard InChI is InChI=1S/C22H34N2O3/c1-17(2)18-7-6-8-19(15-18)24-13-14-26-22(16-24)9-11-23(12-10-22)20(25)27-21(3,4)5/h6-8,15,17H,9-14,16H2,1-5H3. The predicted molar refractivity (Wildman–Crippen MR) is 108 cm³/mol. The molecule has 5 heteroatoms. The van der Waals surface area contributed by atoms with Gasteiger partial charge in [-0.2, -0.15) is 0 Å².